The van der Waals surface area contributed by atoms with Gasteiger partial charge in [0, 0.05) is 11.4 Å². The Morgan fingerprint density at radius 2 is 2.06 bits per heavy atom. The van der Waals surface area contributed by atoms with E-state index in [1.54, 1.807) is 24.3 Å². The van der Waals surface area contributed by atoms with Gasteiger partial charge in [0.2, 0.25) is 0 Å². The molecular formula is C11H13ClN4O. The number of aromatic nitrogens is 3. The molecule has 6 heteroatoms. The van der Waals surface area contributed by atoms with Crippen LogP contribution < -0.4 is 11.4 Å². The summed E-state index contributed by atoms with van der Waals surface area (Å²) in [6.07, 6.45) is 1.45. The van der Waals surface area contributed by atoms with E-state index in [0.29, 0.717) is 23.8 Å². The van der Waals surface area contributed by atoms with Gasteiger partial charge in [0.25, 0.3) is 0 Å². The van der Waals surface area contributed by atoms with Crippen LogP contribution in [0.15, 0.2) is 29.1 Å². The predicted octanol–water partition coefficient (Wildman–Crippen LogP) is 1.11. The summed E-state index contributed by atoms with van der Waals surface area (Å²) in [5.41, 5.74) is 5.95. The van der Waals surface area contributed by atoms with Crippen LogP contribution in [0, 0.1) is 0 Å². The van der Waals surface area contributed by atoms with E-state index < -0.39 is 0 Å². The van der Waals surface area contributed by atoms with Gasteiger partial charge in [-0.1, -0.05) is 11.6 Å². The van der Waals surface area contributed by atoms with Gasteiger partial charge in [0.1, 0.15) is 5.82 Å². The summed E-state index contributed by atoms with van der Waals surface area (Å²) in [6, 6.07) is 7.04. The number of aromatic amines is 1. The highest BCUT2D eigenvalue weighted by molar-refractivity contribution is 6.30. The molecule has 0 fully saturated rings. The van der Waals surface area contributed by atoms with Crippen LogP contribution in [-0.4, -0.2) is 21.3 Å². The number of H-pyrrole nitrogens is 1. The highest BCUT2D eigenvalue weighted by Gasteiger charge is 2.09. The zero-order valence-corrected chi connectivity index (χ0v) is 9.94. The topological polar surface area (TPSA) is 76.7 Å². The Labute approximate surface area is 103 Å². The first-order valence-electron chi connectivity index (χ1n) is 5.34. The standard InChI is InChI=1S/C11H13ClN4O/c12-8-3-5-9(6-4-8)16-10(2-1-7-13)14-15-11(16)17/h3-6H,1-2,7,13H2,(H,15,17). The van der Waals surface area contributed by atoms with E-state index in [4.69, 9.17) is 17.3 Å². The number of hydrogen-bond acceptors (Lipinski definition) is 3. The first-order valence-corrected chi connectivity index (χ1v) is 5.72. The van der Waals surface area contributed by atoms with Crippen molar-refractivity contribution in [2.75, 3.05) is 6.54 Å². The Bertz CT molecular complexity index is 543. The smallest absolute Gasteiger partial charge is 0.330 e. The molecule has 0 saturated carbocycles. The van der Waals surface area contributed by atoms with Crippen LogP contribution in [0.2, 0.25) is 5.02 Å². The molecule has 90 valence electrons. The van der Waals surface area contributed by atoms with Crippen molar-refractivity contribution in [2.24, 2.45) is 5.73 Å². The quantitative estimate of drug-likeness (QED) is 0.856. The summed E-state index contributed by atoms with van der Waals surface area (Å²) >= 11 is 5.81. The SMILES string of the molecule is NCCCc1n[nH]c(=O)n1-c1ccc(Cl)cc1. The van der Waals surface area contributed by atoms with Gasteiger partial charge in [-0.25, -0.2) is 14.5 Å². The van der Waals surface area contributed by atoms with Crippen molar-refractivity contribution < 1.29 is 0 Å². The van der Waals surface area contributed by atoms with Gasteiger partial charge in [-0.05, 0) is 37.2 Å². The average Bonchev–Trinajstić information content (AvgIpc) is 2.69. The zero-order chi connectivity index (χ0) is 12.3. The molecule has 0 unspecified atom stereocenters. The maximum Gasteiger partial charge on any atom is 0.347 e. The summed E-state index contributed by atoms with van der Waals surface area (Å²) in [6.45, 7) is 0.571. The van der Waals surface area contributed by atoms with Crippen molar-refractivity contribution in [1.29, 1.82) is 0 Å². The normalized spacial score (nSPS) is 10.7. The van der Waals surface area contributed by atoms with Gasteiger partial charge < -0.3 is 5.73 Å². The van der Waals surface area contributed by atoms with Crippen LogP contribution in [0.5, 0.6) is 0 Å². The lowest BCUT2D eigenvalue weighted by molar-refractivity contribution is 0.757. The van der Waals surface area contributed by atoms with Crippen molar-refractivity contribution in [1.82, 2.24) is 14.8 Å². The lowest BCUT2D eigenvalue weighted by atomic mass is 10.2. The van der Waals surface area contributed by atoms with Crippen molar-refractivity contribution in [2.45, 2.75) is 12.8 Å². The number of hydrogen-bond donors (Lipinski definition) is 2. The molecule has 0 bridgehead atoms. The number of benzene rings is 1. The third kappa shape index (κ3) is 2.57. The molecule has 0 aliphatic heterocycles. The third-order valence-electron chi connectivity index (χ3n) is 2.43. The number of aryl methyl sites for hydroxylation is 1. The average molecular weight is 253 g/mol. The number of nitrogens with zero attached hydrogens (tertiary/aromatic N) is 2. The van der Waals surface area contributed by atoms with E-state index in [1.807, 2.05) is 0 Å². The first-order chi connectivity index (χ1) is 8.22. The van der Waals surface area contributed by atoms with E-state index >= 15 is 0 Å². The monoisotopic (exact) mass is 252 g/mol. The largest absolute Gasteiger partial charge is 0.347 e. The highest BCUT2D eigenvalue weighted by Crippen LogP contribution is 2.13. The number of rotatable bonds is 4. The molecule has 2 aromatic rings. The van der Waals surface area contributed by atoms with Crippen molar-refractivity contribution in [3.05, 3.63) is 45.6 Å². The van der Waals surface area contributed by atoms with Crippen LogP contribution in [0.25, 0.3) is 5.69 Å². The second-order valence-electron chi connectivity index (χ2n) is 3.65. The van der Waals surface area contributed by atoms with Crippen molar-refractivity contribution in [3.8, 4) is 5.69 Å². The Hall–Kier alpha value is -1.59. The summed E-state index contributed by atoms with van der Waals surface area (Å²) in [7, 11) is 0. The molecule has 0 atom stereocenters. The summed E-state index contributed by atoms with van der Waals surface area (Å²) < 4.78 is 1.53. The fourth-order valence-corrected chi connectivity index (χ4v) is 1.74. The van der Waals surface area contributed by atoms with Gasteiger partial charge in [0.15, 0.2) is 0 Å². The Balaban J connectivity index is 2.39. The molecule has 3 N–H and O–H groups in total. The Kier molecular flexibility index (Phi) is 3.61. The second kappa shape index (κ2) is 5.16. The maximum absolute atomic E-state index is 11.7. The second-order valence-corrected chi connectivity index (χ2v) is 4.09. The Morgan fingerprint density at radius 3 is 2.71 bits per heavy atom. The minimum atomic E-state index is -0.251. The van der Waals surface area contributed by atoms with Crippen LogP contribution in [0.3, 0.4) is 0 Å². The van der Waals surface area contributed by atoms with E-state index in [2.05, 4.69) is 10.2 Å². The van der Waals surface area contributed by atoms with Gasteiger partial charge >= 0.3 is 5.69 Å². The molecule has 5 nitrogen and oxygen atoms in total. The molecule has 17 heavy (non-hydrogen) atoms. The van der Waals surface area contributed by atoms with Gasteiger partial charge in [-0.15, -0.1) is 0 Å². The Morgan fingerprint density at radius 1 is 1.35 bits per heavy atom. The zero-order valence-electron chi connectivity index (χ0n) is 9.19. The minimum absolute atomic E-state index is 0.251. The lowest BCUT2D eigenvalue weighted by Gasteiger charge is -2.05. The number of nitrogens with two attached hydrogens (primary N) is 1. The van der Waals surface area contributed by atoms with E-state index in [1.165, 1.54) is 4.57 Å². The van der Waals surface area contributed by atoms with Gasteiger partial charge in [0.05, 0.1) is 5.69 Å². The van der Waals surface area contributed by atoms with Crippen LogP contribution in [0.4, 0.5) is 0 Å². The number of halogens is 1. The molecule has 0 aliphatic rings. The van der Waals surface area contributed by atoms with Crippen LogP contribution in [-0.2, 0) is 6.42 Å². The maximum atomic E-state index is 11.7. The van der Waals surface area contributed by atoms with Crippen molar-refractivity contribution >= 4 is 11.6 Å². The third-order valence-corrected chi connectivity index (χ3v) is 2.68. The van der Waals surface area contributed by atoms with E-state index in [9.17, 15) is 4.79 Å². The molecule has 0 spiro atoms. The van der Waals surface area contributed by atoms with E-state index in [-0.39, 0.29) is 5.69 Å². The van der Waals surface area contributed by atoms with Gasteiger partial charge in [-0.2, -0.15) is 5.10 Å². The molecule has 1 aromatic carbocycles. The fourth-order valence-electron chi connectivity index (χ4n) is 1.61. The summed E-state index contributed by atoms with van der Waals surface area (Å²) in [5.74, 6) is 0.683. The molecule has 1 aromatic heterocycles. The number of nitrogens with one attached hydrogen (secondary N) is 1. The predicted molar refractivity (Wildman–Crippen MR) is 66.6 cm³/mol. The molecule has 0 amide bonds. The summed E-state index contributed by atoms with van der Waals surface area (Å²) in [4.78, 5) is 11.7. The van der Waals surface area contributed by atoms with Crippen LogP contribution >= 0.6 is 11.6 Å². The van der Waals surface area contributed by atoms with Crippen LogP contribution in [0.1, 0.15) is 12.2 Å². The summed E-state index contributed by atoms with van der Waals surface area (Å²) in [5, 5.41) is 7.06. The van der Waals surface area contributed by atoms with E-state index in [0.717, 1.165) is 12.1 Å². The first kappa shape index (κ1) is 11.9. The van der Waals surface area contributed by atoms with Gasteiger partial charge in [-0.3, -0.25) is 0 Å². The highest BCUT2D eigenvalue weighted by atomic mass is 35.5. The molecule has 1 heterocycles. The van der Waals surface area contributed by atoms with Crippen molar-refractivity contribution in [3.63, 3.8) is 0 Å². The lowest BCUT2D eigenvalue weighted by Crippen LogP contribution is -2.17. The molecule has 0 radical (unpaired) electrons. The molecule has 0 aliphatic carbocycles. The molecular weight excluding hydrogens is 240 g/mol. The molecule has 2 rings (SSSR count). The minimum Gasteiger partial charge on any atom is -0.330 e. The molecule has 0 saturated heterocycles. The fraction of sp³-hybridized carbons (Fsp3) is 0.273.